The van der Waals surface area contributed by atoms with Gasteiger partial charge in [0.2, 0.25) is 5.91 Å². The molecule has 0 aliphatic carbocycles. The summed E-state index contributed by atoms with van der Waals surface area (Å²) in [7, 11) is 0. The number of hydrogen-bond acceptors (Lipinski definition) is 5. The average Bonchev–Trinajstić information content (AvgIpc) is 3.01. The number of carbonyl (C=O) groups excluding carboxylic acids is 1. The minimum atomic E-state index is -0.994. The number of carboxylic acid groups (broad SMARTS) is 1. The molecule has 2 aromatic rings. The minimum absolute atomic E-state index is 0.00132. The molecule has 1 amide bonds. The summed E-state index contributed by atoms with van der Waals surface area (Å²) >= 11 is 0. The zero-order valence-corrected chi connectivity index (χ0v) is 15.3. The molecular formula is C20H24N2O5. The Morgan fingerprint density at radius 1 is 1.15 bits per heavy atom. The highest BCUT2D eigenvalue weighted by molar-refractivity contribution is 5.95. The normalized spacial score (nSPS) is 18.3. The first-order valence-corrected chi connectivity index (χ1v) is 8.98. The fourth-order valence-electron chi connectivity index (χ4n) is 3.44. The zero-order valence-electron chi connectivity index (χ0n) is 15.3. The third-order valence-corrected chi connectivity index (χ3v) is 4.85. The second-order valence-electron chi connectivity index (χ2n) is 6.87. The molecule has 1 atom stereocenters. The van der Waals surface area contributed by atoms with Crippen molar-refractivity contribution < 1.29 is 24.2 Å². The van der Waals surface area contributed by atoms with Crippen molar-refractivity contribution >= 4 is 11.9 Å². The van der Waals surface area contributed by atoms with E-state index in [1.54, 1.807) is 42.2 Å². The average molecular weight is 372 g/mol. The molecule has 1 saturated heterocycles. The maximum Gasteiger partial charge on any atom is 0.336 e. The van der Waals surface area contributed by atoms with Gasteiger partial charge >= 0.3 is 5.97 Å². The third-order valence-electron chi connectivity index (χ3n) is 4.85. The van der Waals surface area contributed by atoms with Crippen LogP contribution in [0.1, 0.15) is 23.0 Å². The number of carbonyl (C=O) groups is 2. The Kier molecular flexibility index (Phi) is 5.93. The molecule has 144 valence electrons. The van der Waals surface area contributed by atoms with E-state index in [1.165, 1.54) is 0 Å². The van der Waals surface area contributed by atoms with Crippen molar-refractivity contribution in [3.05, 3.63) is 47.7 Å². The topological polar surface area (TPSA) is 94.2 Å². The molecule has 7 heteroatoms. The molecule has 2 N–H and O–H groups in total. The predicted molar refractivity (Wildman–Crippen MR) is 99.2 cm³/mol. The Morgan fingerprint density at radius 2 is 1.93 bits per heavy atom. The molecule has 27 heavy (non-hydrogen) atoms. The number of aromatic carboxylic acids is 1. The van der Waals surface area contributed by atoms with Crippen LogP contribution in [0.2, 0.25) is 0 Å². The van der Waals surface area contributed by atoms with E-state index in [1.807, 2.05) is 6.07 Å². The lowest BCUT2D eigenvalue weighted by Gasteiger charge is -2.21. The lowest BCUT2D eigenvalue weighted by molar-refractivity contribution is -0.129. The van der Waals surface area contributed by atoms with Gasteiger partial charge in [0.15, 0.2) is 0 Å². The SMILES string of the molecule is CC(=O)N1CCN(Cc2ccc(-c3ccccc3C(=O)O)o2)CC(CO)C1. The highest BCUT2D eigenvalue weighted by Crippen LogP contribution is 2.26. The lowest BCUT2D eigenvalue weighted by Crippen LogP contribution is -2.35. The fraction of sp³-hybridized carbons (Fsp3) is 0.400. The molecule has 0 bridgehead atoms. The van der Waals surface area contributed by atoms with Crippen molar-refractivity contribution in [3.63, 3.8) is 0 Å². The van der Waals surface area contributed by atoms with Crippen LogP contribution in [0, 0.1) is 5.92 Å². The van der Waals surface area contributed by atoms with E-state index in [4.69, 9.17) is 4.42 Å². The quantitative estimate of drug-likeness (QED) is 0.833. The highest BCUT2D eigenvalue weighted by atomic mass is 16.4. The van der Waals surface area contributed by atoms with E-state index in [2.05, 4.69) is 4.90 Å². The maximum atomic E-state index is 11.7. The Bertz CT molecular complexity index is 816. The van der Waals surface area contributed by atoms with Gasteiger partial charge in [-0.1, -0.05) is 18.2 Å². The fourth-order valence-corrected chi connectivity index (χ4v) is 3.44. The molecule has 7 nitrogen and oxygen atoms in total. The van der Waals surface area contributed by atoms with Gasteiger partial charge in [-0.05, 0) is 18.2 Å². The van der Waals surface area contributed by atoms with Crippen LogP contribution in [0.3, 0.4) is 0 Å². The molecule has 1 aromatic carbocycles. The Balaban J connectivity index is 1.74. The summed E-state index contributed by atoms with van der Waals surface area (Å²) in [6, 6.07) is 10.4. The van der Waals surface area contributed by atoms with Gasteiger partial charge in [0.1, 0.15) is 11.5 Å². The number of hydrogen-bond donors (Lipinski definition) is 2. The number of benzene rings is 1. The standard InChI is InChI=1S/C20H24N2O5/c1-14(24)22-9-8-21(10-15(11-22)13-23)12-16-6-7-19(27-16)17-4-2-3-5-18(17)20(25)26/h2-7,15,23H,8-13H2,1H3,(H,25,26). The molecule has 0 spiro atoms. The number of amides is 1. The van der Waals surface area contributed by atoms with Crippen LogP contribution >= 0.6 is 0 Å². The molecule has 1 fully saturated rings. The van der Waals surface area contributed by atoms with Crippen LogP contribution in [0.5, 0.6) is 0 Å². The van der Waals surface area contributed by atoms with E-state index in [-0.39, 0.29) is 24.0 Å². The second kappa shape index (κ2) is 8.37. The van der Waals surface area contributed by atoms with Gasteiger partial charge in [0.05, 0.1) is 12.1 Å². The van der Waals surface area contributed by atoms with Gasteiger partial charge in [-0.3, -0.25) is 9.69 Å². The molecular weight excluding hydrogens is 348 g/mol. The summed E-state index contributed by atoms with van der Waals surface area (Å²) in [4.78, 5) is 27.0. The van der Waals surface area contributed by atoms with Gasteiger partial charge in [0, 0.05) is 51.2 Å². The van der Waals surface area contributed by atoms with Crippen molar-refractivity contribution in [2.45, 2.75) is 13.5 Å². The molecule has 3 rings (SSSR count). The van der Waals surface area contributed by atoms with Gasteiger partial charge < -0.3 is 19.5 Å². The smallest absolute Gasteiger partial charge is 0.336 e. The van der Waals surface area contributed by atoms with E-state index in [0.29, 0.717) is 44.0 Å². The molecule has 0 saturated carbocycles. The number of nitrogens with zero attached hydrogens (tertiary/aromatic N) is 2. The Hall–Kier alpha value is -2.64. The zero-order chi connectivity index (χ0) is 19.4. The largest absolute Gasteiger partial charge is 0.478 e. The summed E-state index contributed by atoms with van der Waals surface area (Å²) in [5, 5.41) is 18.9. The summed E-state index contributed by atoms with van der Waals surface area (Å²) in [5.74, 6) is 0.255. The molecule has 1 aliphatic heterocycles. The number of aliphatic hydroxyl groups excluding tert-OH is 1. The van der Waals surface area contributed by atoms with Crippen molar-refractivity contribution in [1.29, 1.82) is 0 Å². The maximum absolute atomic E-state index is 11.7. The van der Waals surface area contributed by atoms with Crippen LogP contribution in [-0.2, 0) is 11.3 Å². The van der Waals surface area contributed by atoms with E-state index in [9.17, 15) is 19.8 Å². The van der Waals surface area contributed by atoms with Crippen LogP contribution in [-0.4, -0.2) is 64.7 Å². The third kappa shape index (κ3) is 4.56. The van der Waals surface area contributed by atoms with Crippen LogP contribution < -0.4 is 0 Å². The molecule has 2 heterocycles. The van der Waals surface area contributed by atoms with Crippen molar-refractivity contribution in [3.8, 4) is 11.3 Å². The number of carboxylic acids is 1. The minimum Gasteiger partial charge on any atom is -0.478 e. The number of rotatable bonds is 5. The molecule has 1 unspecified atom stereocenters. The first-order chi connectivity index (χ1) is 13.0. The molecule has 1 aliphatic rings. The molecule has 0 radical (unpaired) electrons. The number of furan rings is 1. The first-order valence-electron chi connectivity index (χ1n) is 8.98. The second-order valence-corrected chi connectivity index (χ2v) is 6.87. The van der Waals surface area contributed by atoms with E-state index >= 15 is 0 Å². The summed E-state index contributed by atoms with van der Waals surface area (Å²) in [5.41, 5.74) is 0.744. The van der Waals surface area contributed by atoms with Gasteiger partial charge in [-0.2, -0.15) is 0 Å². The van der Waals surface area contributed by atoms with E-state index in [0.717, 1.165) is 5.76 Å². The lowest BCUT2D eigenvalue weighted by atomic mass is 10.1. The van der Waals surface area contributed by atoms with Crippen molar-refractivity contribution in [2.75, 3.05) is 32.8 Å². The summed E-state index contributed by atoms with van der Waals surface area (Å²) < 4.78 is 5.90. The molecule has 1 aromatic heterocycles. The Morgan fingerprint density at radius 3 is 2.63 bits per heavy atom. The van der Waals surface area contributed by atoms with Gasteiger partial charge in [0.25, 0.3) is 0 Å². The van der Waals surface area contributed by atoms with E-state index < -0.39 is 5.97 Å². The summed E-state index contributed by atoms with van der Waals surface area (Å²) in [6.45, 7) is 4.63. The van der Waals surface area contributed by atoms with Gasteiger partial charge in [-0.15, -0.1) is 0 Å². The van der Waals surface area contributed by atoms with Crippen molar-refractivity contribution in [2.24, 2.45) is 5.92 Å². The monoisotopic (exact) mass is 372 g/mol. The predicted octanol–water partition coefficient (Wildman–Crippen LogP) is 1.92. The van der Waals surface area contributed by atoms with Crippen LogP contribution in [0.4, 0.5) is 0 Å². The van der Waals surface area contributed by atoms with Crippen LogP contribution in [0.15, 0.2) is 40.8 Å². The van der Waals surface area contributed by atoms with Crippen LogP contribution in [0.25, 0.3) is 11.3 Å². The highest BCUT2D eigenvalue weighted by Gasteiger charge is 2.24. The van der Waals surface area contributed by atoms with Crippen molar-refractivity contribution in [1.82, 2.24) is 9.80 Å². The first kappa shape index (κ1) is 19.1. The summed E-state index contributed by atoms with van der Waals surface area (Å²) in [6.07, 6.45) is 0. The van der Waals surface area contributed by atoms with Gasteiger partial charge in [-0.25, -0.2) is 4.79 Å². The Labute approximate surface area is 157 Å². The number of aliphatic hydroxyl groups is 1.